The van der Waals surface area contributed by atoms with Crippen LogP contribution in [0.1, 0.15) is 41.5 Å². The number of aliphatic hydroxyl groups excluding tert-OH is 4. The molecule has 2 aliphatic heterocycles. The van der Waals surface area contributed by atoms with E-state index >= 15 is 4.39 Å². The first kappa shape index (κ1) is 51.3. The highest BCUT2D eigenvalue weighted by Gasteiger charge is 2.67. The van der Waals surface area contributed by atoms with Crippen LogP contribution in [-0.2, 0) is 81.0 Å². The minimum absolute atomic E-state index is 0.740. The monoisotopic (exact) mass is 850 g/mol. The van der Waals surface area contributed by atoms with Crippen molar-refractivity contribution in [2.45, 2.75) is 126 Å². The highest BCUT2D eigenvalue weighted by Crippen LogP contribution is 2.39. The van der Waals surface area contributed by atoms with Crippen molar-refractivity contribution in [3.05, 3.63) is 0 Å². The molecule has 0 saturated carbocycles. The van der Waals surface area contributed by atoms with E-state index < -0.39 is 146 Å². The van der Waals surface area contributed by atoms with Gasteiger partial charge >= 0.3 is 53.4 Å². The highest BCUT2D eigenvalue weighted by molar-refractivity contribution is 5.83. The number of nitrogens with two attached hydrogens (primary N) is 1. The van der Waals surface area contributed by atoms with Gasteiger partial charge in [0.25, 0.3) is 0 Å². The van der Waals surface area contributed by atoms with Gasteiger partial charge in [-0.3, -0.25) is 28.8 Å². The molecule has 58 heavy (non-hydrogen) atoms. The van der Waals surface area contributed by atoms with Crippen molar-refractivity contribution < 1.29 is 115 Å². The number of hydrogen-bond acceptors (Lipinski definition) is 23. The second-order valence-electron chi connectivity index (χ2n) is 12.5. The van der Waals surface area contributed by atoms with Crippen LogP contribution in [0.3, 0.4) is 0 Å². The number of aliphatic hydroxyl groups is 5. The van der Waals surface area contributed by atoms with Gasteiger partial charge in [0.2, 0.25) is 12.1 Å². The number of halogens is 2. The van der Waals surface area contributed by atoms with Crippen LogP contribution in [0, 0.1) is 0 Å². The van der Waals surface area contributed by atoms with E-state index in [0.29, 0.717) is 0 Å². The standard InChI is InChI=1S/C22H30FNO14.C10H18FNO8/c1-9(25)24-16-18(17(35-12(4)28)15(34-11(3)27)8-33-10(2)26)38-22(21(31)32-7,37-14(6)30)20(23)19(16)36-13(5)29;1-19-9(17)10(18)8(11)6(16)4(12)7(20-10)5(15)3(14)2-13/h15-20H,8H2,1-7H3,(H,24,25);3-8,13-16,18H,2,12H2,1H3/t15-,16+,17-,18-,19-,20-,22?;3-,4-,5-,6-,7-,8-,10?/m11/s1. The predicted molar refractivity (Wildman–Crippen MR) is 177 cm³/mol. The van der Waals surface area contributed by atoms with Crippen LogP contribution in [0.4, 0.5) is 8.78 Å². The summed E-state index contributed by atoms with van der Waals surface area (Å²) < 4.78 is 74.1. The molecule has 0 aromatic rings. The molecule has 1 amide bonds. The zero-order valence-electron chi connectivity index (χ0n) is 32.4. The third-order valence-electron chi connectivity index (χ3n) is 8.03. The number of carbonyl (C=O) groups excluding carboxylic acids is 8. The van der Waals surface area contributed by atoms with Gasteiger partial charge in [-0.2, -0.15) is 0 Å². The van der Waals surface area contributed by atoms with Crippen LogP contribution < -0.4 is 11.1 Å². The van der Waals surface area contributed by atoms with Crippen molar-refractivity contribution in [3.8, 4) is 0 Å². The fourth-order valence-electron chi connectivity index (χ4n) is 5.62. The first-order valence-electron chi connectivity index (χ1n) is 16.8. The molecule has 0 radical (unpaired) electrons. The number of methoxy groups -OCH3 is 2. The van der Waals surface area contributed by atoms with Gasteiger partial charge in [0, 0.05) is 41.5 Å². The van der Waals surface area contributed by atoms with Crippen LogP contribution in [0.25, 0.3) is 0 Å². The van der Waals surface area contributed by atoms with Gasteiger partial charge in [-0.1, -0.05) is 0 Å². The highest BCUT2D eigenvalue weighted by atomic mass is 19.1. The van der Waals surface area contributed by atoms with Gasteiger partial charge in [-0.25, -0.2) is 18.4 Å². The lowest BCUT2D eigenvalue weighted by Gasteiger charge is -2.49. The Morgan fingerprint density at radius 2 is 1.34 bits per heavy atom. The van der Waals surface area contributed by atoms with Crippen molar-refractivity contribution in [1.82, 2.24) is 5.32 Å². The van der Waals surface area contributed by atoms with Gasteiger partial charge in [-0.15, -0.1) is 0 Å². The van der Waals surface area contributed by atoms with Crippen LogP contribution in [0.15, 0.2) is 0 Å². The van der Waals surface area contributed by atoms with Crippen molar-refractivity contribution in [2.24, 2.45) is 5.73 Å². The smallest absolute Gasteiger partial charge is 0.383 e. The molecule has 2 heterocycles. The molecule has 0 spiro atoms. The Hall–Kier alpha value is -4.70. The predicted octanol–water partition coefficient (Wildman–Crippen LogP) is -4.99. The third-order valence-corrected chi connectivity index (χ3v) is 8.03. The molecule has 2 rings (SSSR count). The normalized spacial score (nSPS) is 31.2. The Morgan fingerprint density at radius 3 is 1.78 bits per heavy atom. The molecule has 2 aliphatic rings. The molecule has 2 saturated heterocycles. The molecule has 2 unspecified atom stereocenters. The molecular weight excluding hydrogens is 802 g/mol. The Balaban J connectivity index is 0.000000704. The zero-order chi connectivity index (χ0) is 45.0. The van der Waals surface area contributed by atoms with E-state index in [1.165, 1.54) is 0 Å². The molecule has 332 valence electrons. The summed E-state index contributed by atoms with van der Waals surface area (Å²) in [5, 5.41) is 49.4. The van der Waals surface area contributed by atoms with E-state index in [2.05, 4.69) is 14.8 Å². The second-order valence-corrected chi connectivity index (χ2v) is 12.5. The summed E-state index contributed by atoms with van der Waals surface area (Å²) in [5.74, 6) is -15.5. The van der Waals surface area contributed by atoms with Crippen LogP contribution in [0.2, 0.25) is 0 Å². The lowest BCUT2D eigenvalue weighted by molar-refractivity contribution is -0.326. The van der Waals surface area contributed by atoms with Crippen molar-refractivity contribution in [3.63, 3.8) is 0 Å². The topological polar surface area (TPSA) is 359 Å². The number of rotatable bonds is 14. The summed E-state index contributed by atoms with van der Waals surface area (Å²) >= 11 is 0. The van der Waals surface area contributed by atoms with E-state index in [1.54, 1.807) is 0 Å². The van der Waals surface area contributed by atoms with E-state index in [1.807, 2.05) is 0 Å². The molecule has 0 bridgehead atoms. The number of carbonyl (C=O) groups is 8. The quantitative estimate of drug-likeness (QED) is 0.0635. The Labute approximate surface area is 328 Å². The number of alkyl halides is 2. The maximum absolute atomic E-state index is 16.0. The Morgan fingerprint density at radius 1 is 0.793 bits per heavy atom. The molecule has 24 nitrogen and oxygen atoms in total. The minimum atomic E-state index is -3.25. The summed E-state index contributed by atoms with van der Waals surface area (Å²) in [6.07, 6.45) is -20.4. The van der Waals surface area contributed by atoms with E-state index in [4.69, 9.17) is 44.0 Å². The summed E-state index contributed by atoms with van der Waals surface area (Å²) in [6, 6.07) is -3.30. The first-order chi connectivity index (χ1) is 26.7. The van der Waals surface area contributed by atoms with Gasteiger partial charge in [0.1, 0.15) is 37.1 Å². The van der Waals surface area contributed by atoms with Gasteiger partial charge in [-0.05, 0) is 0 Å². The summed E-state index contributed by atoms with van der Waals surface area (Å²) in [5.41, 5.74) is 5.44. The molecule has 2 fully saturated rings. The average molecular weight is 851 g/mol. The largest absolute Gasteiger partial charge is 0.465 e. The third kappa shape index (κ3) is 12.6. The summed E-state index contributed by atoms with van der Waals surface area (Å²) in [4.78, 5) is 95.4. The number of hydrogen-bond donors (Lipinski definition) is 7. The average Bonchev–Trinajstić information content (AvgIpc) is 3.13. The lowest BCUT2D eigenvalue weighted by atomic mass is 9.86. The minimum Gasteiger partial charge on any atom is -0.465 e. The molecule has 0 aliphatic carbocycles. The van der Waals surface area contributed by atoms with E-state index in [0.717, 1.165) is 55.8 Å². The fourth-order valence-corrected chi connectivity index (χ4v) is 5.62. The van der Waals surface area contributed by atoms with Crippen molar-refractivity contribution in [1.29, 1.82) is 0 Å². The number of esters is 7. The van der Waals surface area contributed by atoms with Crippen LogP contribution >= 0.6 is 0 Å². The Kier molecular flexibility index (Phi) is 19.4. The number of amides is 1. The maximum atomic E-state index is 16.0. The molecule has 0 aromatic heterocycles. The molecule has 26 heteroatoms. The maximum Gasteiger partial charge on any atom is 0.383 e. The molecule has 14 atom stereocenters. The number of nitrogens with one attached hydrogen (secondary N) is 1. The van der Waals surface area contributed by atoms with Gasteiger partial charge in [0.15, 0.2) is 24.5 Å². The summed E-state index contributed by atoms with van der Waals surface area (Å²) in [7, 11) is 1.66. The Bertz CT molecular complexity index is 1500. The van der Waals surface area contributed by atoms with E-state index in [-0.39, 0.29) is 0 Å². The van der Waals surface area contributed by atoms with Crippen LogP contribution in [0.5, 0.6) is 0 Å². The zero-order valence-corrected chi connectivity index (χ0v) is 32.4. The fraction of sp³-hybridized carbons (Fsp3) is 0.750. The van der Waals surface area contributed by atoms with Gasteiger partial charge in [0.05, 0.1) is 32.9 Å². The summed E-state index contributed by atoms with van der Waals surface area (Å²) in [6.45, 7) is 4.01. The lowest BCUT2D eigenvalue weighted by Crippen LogP contribution is -2.74. The first-order valence-corrected chi connectivity index (χ1v) is 16.8. The van der Waals surface area contributed by atoms with Gasteiger partial charge < -0.3 is 79.2 Å². The SMILES string of the molecule is COC(=O)C1(O)O[C@@H]([C@H](O)[C@H](O)CO)[C@H](N)[C@@H](O)[C@H]1F.COC(=O)C1(OC(C)=O)O[C@@H]([C@H](OC(C)=O)[C@@H](COC(C)=O)OC(C)=O)[C@H](NC(C)=O)[C@@H](OC(C)=O)[C@H]1F. The van der Waals surface area contributed by atoms with Crippen LogP contribution in [-0.4, -0.2) is 185 Å². The van der Waals surface area contributed by atoms with Crippen molar-refractivity contribution in [2.75, 3.05) is 27.4 Å². The number of ether oxygens (including phenoxy) is 9. The molecule has 8 N–H and O–H groups in total. The van der Waals surface area contributed by atoms with E-state index in [9.17, 15) is 63.2 Å². The molecular formula is C32H48F2N2O22. The molecule has 0 aromatic carbocycles. The second kappa shape index (κ2) is 21.9. The van der Waals surface area contributed by atoms with Crippen molar-refractivity contribution >= 4 is 47.7 Å².